The Labute approximate surface area is 217 Å². The van der Waals surface area contributed by atoms with Gasteiger partial charge in [-0.15, -0.1) is 0 Å². The van der Waals surface area contributed by atoms with E-state index in [1.165, 1.54) is 16.7 Å². The molecule has 2 heterocycles. The van der Waals surface area contributed by atoms with Crippen molar-refractivity contribution < 1.29 is 4.52 Å². The first-order valence-corrected chi connectivity index (χ1v) is 12.6. The molecule has 6 heteroatoms. The van der Waals surface area contributed by atoms with Crippen molar-refractivity contribution in [1.29, 1.82) is 0 Å². The van der Waals surface area contributed by atoms with Crippen molar-refractivity contribution in [3.8, 4) is 11.4 Å². The molecule has 1 unspecified atom stereocenters. The Morgan fingerprint density at radius 1 is 0.917 bits per heavy atom. The number of aryl methyl sites for hydroxylation is 3. The maximum absolute atomic E-state index is 5.89. The average molecular weight is 495 g/mol. The van der Waals surface area contributed by atoms with Crippen LogP contribution in [0.4, 0.5) is 0 Å². The molecular formula is C30H30N4OS. The largest absolute Gasteiger partial charge is 0.351 e. The summed E-state index contributed by atoms with van der Waals surface area (Å²) in [5, 5.41) is 8.61. The van der Waals surface area contributed by atoms with Gasteiger partial charge in [0.2, 0.25) is 5.82 Å². The van der Waals surface area contributed by atoms with Crippen LogP contribution in [0.5, 0.6) is 0 Å². The molecule has 182 valence electrons. The van der Waals surface area contributed by atoms with Crippen LogP contribution < -0.4 is 5.32 Å². The van der Waals surface area contributed by atoms with Gasteiger partial charge in [0, 0.05) is 17.8 Å². The molecule has 0 saturated heterocycles. The van der Waals surface area contributed by atoms with E-state index < -0.39 is 0 Å². The predicted octanol–water partition coefficient (Wildman–Crippen LogP) is 6.57. The van der Waals surface area contributed by atoms with E-state index in [4.69, 9.17) is 21.7 Å². The molecule has 0 fully saturated rings. The van der Waals surface area contributed by atoms with Gasteiger partial charge in [-0.1, -0.05) is 77.5 Å². The first kappa shape index (κ1) is 23.9. The van der Waals surface area contributed by atoms with Gasteiger partial charge < -0.3 is 14.7 Å². The number of rotatable bonds is 6. The third-order valence-corrected chi connectivity index (χ3v) is 7.20. The van der Waals surface area contributed by atoms with Gasteiger partial charge in [-0.3, -0.25) is 0 Å². The minimum atomic E-state index is -0.185. The van der Waals surface area contributed by atoms with Crippen LogP contribution in [0.1, 0.15) is 46.7 Å². The lowest BCUT2D eigenvalue weighted by Crippen LogP contribution is -2.46. The molecule has 0 radical (unpaired) electrons. The van der Waals surface area contributed by atoms with E-state index in [-0.39, 0.29) is 6.04 Å². The molecule has 5 nitrogen and oxygen atoms in total. The lowest BCUT2D eigenvalue weighted by Gasteiger charge is -2.37. The first-order valence-electron chi connectivity index (χ1n) is 12.2. The highest BCUT2D eigenvalue weighted by molar-refractivity contribution is 7.80. The minimum absolute atomic E-state index is 0.185. The lowest BCUT2D eigenvalue weighted by molar-refractivity contribution is 0.397. The Bertz CT molecular complexity index is 1440. The second kappa shape index (κ2) is 10.1. The standard InChI is InChI=1S/C30H30N4OS/c1-19-9-8-12-25(17-19)28-32-29(35-33-28)26-22(4)34(16-15-23-10-6-5-7-11-23)30(36)31-27(26)24-14-13-20(2)21(3)18-24/h5-14,17-18,27H,15-16H2,1-4H3,(H,31,36). The molecule has 5 rings (SSSR count). The minimum Gasteiger partial charge on any atom is -0.351 e. The summed E-state index contributed by atoms with van der Waals surface area (Å²) in [6.45, 7) is 9.16. The number of nitrogens with one attached hydrogen (secondary N) is 1. The molecule has 36 heavy (non-hydrogen) atoms. The van der Waals surface area contributed by atoms with Crippen molar-refractivity contribution in [2.24, 2.45) is 0 Å². The maximum Gasteiger partial charge on any atom is 0.258 e. The van der Waals surface area contributed by atoms with E-state index in [9.17, 15) is 0 Å². The highest BCUT2D eigenvalue weighted by Crippen LogP contribution is 2.38. The van der Waals surface area contributed by atoms with Gasteiger partial charge in [0.25, 0.3) is 5.89 Å². The van der Waals surface area contributed by atoms with Gasteiger partial charge >= 0.3 is 0 Å². The first-order chi connectivity index (χ1) is 17.4. The summed E-state index contributed by atoms with van der Waals surface area (Å²) in [6.07, 6.45) is 0.875. The van der Waals surface area contributed by atoms with Gasteiger partial charge in [-0.2, -0.15) is 4.98 Å². The van der Waals surface area contributed by atoms with Gasteiger partial charge in [0.05, 0.1) is 11.6 Å². The van der Waals surface area contributed by atoms with Crippen LogP contribution >= 0.6 is 12.2 Å². The van der Waals surface area contributed by atoms with Crippen molar-refractivity contribution in [2.75, 3.05) is 6.54 Å². The van der Waals surface area contributed by atoms with E-state index >= 15 is 0 Å². The molecule has 1 N–H and O–H groups in total. The van der Waals surface area contributed by atoms with Gasteiger partial charge in [-0.05, 0) is 74.7 Å². The quantitative estimate of drug-likeness (QED) is 0.306. The Hall–Kier alpha value is -3.77. The zero-order valence-corrected chi connectivity index (χ0v) is 21.9. The average Bonchev–Trinajstić information content (AvgIpc) is 3.36. The molecule has 0 aliphatic carbocycles. The summed E-state index contributed by atoms with van der Waals surface area (Å²) in [7, 11) is 0. The Balaban J connectivity index is 1.56. The number of benzene rings is 3. The number of allylic oxidation sites excluding steroid dienone is 1. The van der Waals surface area contributed by atoms with E-state index in [1.807, 2.05) is 18.2 Å². The third kappa shape index (κ3) is 4.82. The van der Waals surface area contributed by atoms with E-state index in [0.717, 1.165) is 40.9 Å². The number of hydrogen-bond donors (Lipinski definition) is 1. The van der Waals surface area contributed by atoms with Crippen molar-refractivity contribution in [2.45, 2.75) is 40.2 Å². The molecule has 0 amide bonds. The van der Waals surface area contributed by atoms with Crippen molar-refractivity contribution in [3.63, 3.8) is 0 Å². The monoisotopic (exact) mass is 494 g/mol. The smallest absolute Gasteiger partial charge is 0.258 e. The zero-order chi connectivity index (χ0) is 25.2. The van der Waals surface area contributed by atoms with Gasteiger partial charge in [0.15, 0.2) is 5.11 Å². The highest BCUT2D eigenvalue weighted by atomic mass is 32.1. The number of aromatic nitrogens is 2. The van der Waals surface area contributed by atoms with Crippen LogP contribution in [0.25, 0.3) is 17.0 Å². The third-order valence-electron chi connectivity index (χ3n) is 6.86. The second-order valence-corrected chi connectivity index (χ2v) is 9.79. The highest BCUT2D eigenvalue weighted by Gasteiger charge is 2.34. The second-order valence-electron chi connectivity index (χ2n) is 9.41. The fourth-order valence-corrected chi connectivity index (χ4v) is 4.99. The van der Waals surface area contributed by atoms with Crippen LogP contribution in [0, 0.1) is 20.8 Å². The summed E-state index contributed by atoms with van der Waals surface area (Å²) >= 11 is 5.87. The normalized spacial score (nSPS) is 15.8. The molecule has 4 aromatic rings. The molecule has 0 saturated carbocycles. The van der Waals surface area contributed by atoms with E-state index in [2.05, 4.69) is 97.7 Å². The van der Waals surface area contributed by atoms with Gasteiger partial charge in [-0.25, -0.2) is 0 Å². The summed E-state index contributed by atoms with van der Waals surface area (Å²) in [5.74, 6) is 1.09. The maximum atomic E-state index is 5.89. The molecule has 1 aliphatic rings. The molecule has 0 bridgehead atoms. The Morgan fingerprint density at radius 2 is 1.72 bits per heavy atom. The number of nitrogens with zero attached hydrogens (tertiary/aromatic N) is 3. The van der Waals surface area contributed by atoms with Crippen LogP contribution in [0.2, 0.25) is 0 Å². The topological polar surface area (TPSA) is 54.2 Å². The summed E-state index contributed by atoms with van der Waals surface area (Å²) in [5.41, 5.74) is 8.94. The van der Waals surface area contributed by atoms with Gasteiger partial charge in [0.1, 0.15) is 0 Å². The molecule has 3 aromatic carbocycles. The Kier molecular flexibility index (Phi) is 6.70. The van der Waals surface area contributed by atoms with Crippen LogP contribution in [-0.2, 0) is 6.42 Å². The van der Waals surface area contributed by atoms with Crippen LogP contribution in [0.3, 0.4) is 0 Å². The van der Waals surface area contributed by atoms with Crippen LogP contribution in [0.15, 0.2) is 83.0 Å². The van der Waals surface area contributed by atoms with E-state index in [0.29, 0.717) is 16.8 Å². The number of hydrogen-bond acceptors (Lipinski definition) is 4. The van der Waals surface area contributed by atoms with Crippen molar-refractivity contribution in [3.05, 3.63) is 112 Å². The molecule has 1 atom stereocenters. The molecule has 0 spiro atoms. The Morgan fingerprint density at radius 3 is 2.47 bits per heavy atom. The van der Waals surface area contributed by atoms with E-state index in [1.54, 1.807) is 0 Å². The predicted molar refractivity (Wildman–Crippen MR) is 148 cm³/mol. The summed E-state index contributed by atoms with van der Waals surface area (Å²) in [4.78, 5) is 6.99. The molecular weight excluding hydrogens is 464 g/mol. The molecule has 1 aliphatic heterocycles. The number of thiocarbonyl (C=S) groups is 1. The SMILES string of the molecule is CC1=C(c2nc(-c3cccc(C)c3)no2)C(c2ccc(C)c(C)c2)NC(=S)N1CCc1ccccc1. The fraction of sp³-hybridized carbons (Fsp3) is 0.233. The fourth-order valence-electron chi connectivity index (χ4n) is 4.64. The summed E-state index contributed by atoms with van der Waals surface area (Å²) in [6, 6.07) is 24.9. The zero-order valence-electron chi connectivity index (χ0n) is 21.1. The molecule has 1 aromatic heterocycles. The van der Waals surface area contributed by atoms with Crippen molar-refractivity contribution >= 4 is 22.9 Å². The lowest BCUT2D eigenvalue weighted by atomic mass is 9.92. The summed E-state index contributed by atoms with van der Waals surface area (Å²) < 4.78 is 5.89. The van der Waals surface area contributed by atoms with Crippen molar-refractivity contribution in [1.82, 2.24) is 20.4 Å². The van der Waals surface area contributed by atoms with Crippen LogP contribution in [-0.4, -0.2) is 26.7 Å².